The van der Waals surface area contributed by atoms with Crippen LogP contribution in [0.1, 0.15) is 5.56 Å². The van der Waals surface area contributed by atoms with Crippen LogP contribution in [-0.4, -0.2) is 9.97 Å². The van der Waals surface area contributed by atoms with E-state index in [1.165, 1.54) is 6.33 Å². The van der Waals surface area contributed by atoms with Crippen molar-refractivity contribution in [3.63, 3.8) is 0 Å². The number of anilines is 2. The van der Waals surface area contributed by atoms with E-state index in [0.29, 0.717) is 11.4 Å². The molecule has 0 spiro atoms. The summed E-state index contributed by atoms with van der Waals surface area (Å²) in [6.07, 6.45) is 3.12. The van der Waals surface area contributed by atoms with Crippen LogP contribution in [-0.2, 0) is 0 Å². The van der Waals surface area contributed by atoms with E-state index >= 15 is 0 Å². The molecule has 0 fully saturated rings. The van der Waals surface area contributed by atoms with Crippen LogP contribution in [0.15, 0.2) is 41.3 Å². The van der Waals surface area contributed by atoms with Crippen LogP contribution in [0.4, 0.5) is 11.5 Å². The van der Waals surface area contributed by atoms with Gasteiger partial charge in [-0.15, -0.1) is 0 Å². The summed E-state index contributed by atoms with van der Waals surface area (Å²) in [6, 6.07) is 9.28. The summed E-state index contributed by atoms with van der Waals surface area (Å²) in [5, 5.41) is 11.9. The van der Waals surface area contributed by atoms with Crippen molar-refractivity contribution in [2.45, 2.75) is 0 Å². The molecule has 4 nitrogen and oxygen atoms in total. The largest absolute Gasteiger partial charge is 0.339 e. The van der Waals surface area contributed by atoms with E-state index in [0.717, 1.165) is 10.2 Å². The second kappa shape index (κ2) is 4.73. The Hall–Kier alpha value is -1.93. The first-order valence-electron chi connectivity index (χ1n) is 4.52. The molecular formula is C11H7BrN4. The molecule has 1 aromatic carbocycles. The molecule has 16 heavy (non-hydrogen) atoms. The van der Waals surface area contributed by atoms with E-state index in [-0.39, 0.29) is 0 Å². The minimum absolute atomic E-state index is 0.607. The third-order valence-electron chi connectivity index (χ3n) is 1.92. The Morgan fingerprint density at radius 2 is 2.25 bits per heavy atom. The molecular weight excluding hydrogens is 268 g/mol. The van der Waals surface area contributed by atoms with Crippen LogP contribution in [0, 0.1) is 11.3 Å². The summed E-state index contributed by atoms with van der Waals surface area (Å²) in [6.45, 7) is 0. The Bertz CT molecular complexity index is 548. The third-order valence-corrected chi connectivity index (χ3v) is 2.50. The highest BCUT2D eigenvalue weighted by Crippen LogP contribution is 2.22. The predicted octanol–water partition coefficient (Wildman–Crippen LogP) is 2.85. The van der Waals surface area contributed by atoms with E-state index in [9.17, 15) is 0 Å². The topological polar surface area (TPSA) is 61.6 Å². The van der Waals surface area contributed by atoms with Gasteiger partial charge in [-0.25, -0.2) is 9.97 Å². The highest BCUT2D eigenvalue weighted by Gasteiger charge is 2.01. The van der Waals surface area contributed by atoms with Crippen molar-refractivity contribution >= 4 is 27.4 Å². The molecule has 0 aliphatic carbocycles. The van der Waals surface area contributed by atoms with Gasteiger partial charge in [-0.05, 0) is 34.1 Å². The molecule has 1 N–H and O–H groups in total. The average molecular weight is 275 g/mol. The Labute approximate surface area is 101 Å². The van der Waals surface area contributed by atoms with Crippen LogP contribution in [0.5, 0.6) is 0 Å². The van der Waals surface area contributed by atoms with Crippen LogP contribution in [0.3, 0.4) is 0 Å². The number of rotatable bonds is 2. The highest BCUT2D eigenvalue weighted by molar-refractivity contribution is 9.10. The Morgan fingerprint density at radius 1 is 1.38 bits per heavy atom. The molecule has 5 heteroatoms. The van der Waals surface area contributed by atoms with Crippen molar-refractivity contribution in [2.24, 2.45) is 0 Å². The highest BCUT2D eigenvalue weighted by atomic mass is 79.9. The molecule has 0 aliphatic rings. The molecule has 0 bridgehead atoms. The molecule has 2 aromatic rings. The molecule has 0 radical (unpaired) electrons. The maximum Gasteiger partial charge on any atom is 0.148 e. The number of benzene rings is 1. The first kappa shape index (κ1) is 10.6. The minimum Gasteiger partial charge on any atom is -0.339 e. The molecule has 0 saturated carbocycles. The van der Waals surface area contributed by atoms with Crippen molar-refractivity contribution in [2.75, 3.05) is 5.32 Å². The lowest BCUT2D eigenvalue weighted by Gasteiger charge is -2.06. The molecule has 1 aromatic heterocycles. The van der Waals surface area contributed by atoms with Gasteiger partial charge in [-0.3, -0.25) is 0 Å². The number of nitriles is 1. The van der Waals surface area contributed by atoms with Gasteiger partial charge in [0.15, 0.2) is 0 Å². The molecule has 78 valence electrons. The minimum atomic E-state index is 0.607. The smallest absolute Gasteiger partial charge is 0.148 e. The first-order chi connectivity index (χ1) is 7.79. The summed E-state index contributed by atoms with van der Waals surface area (Å²) < 4.78 is 0.775. The summed E-state index contributed by atoms with van der Waals surface area (Å²) in [7, 11) is 0. The van der Waals surface area contributed by atoms with Gasteiger partial charge in [0, 0.05) is 11.9 Å². The number of hydrogen-bond donors (Lipinski definition) is 1. The fourth-order valence-corrected chi connectivity index (χ4v) is 1.53. The van der Waals surface area contributed by atoms with Crippen LogP contribution in [0.25, 0.3) is 0 Å². The van der Waals surface area contributed by atoms with Crippen molar-refractivity contribution in [1.29, 1.82) is 5.26 Å². The summed E-state index contributed by atoms with van der Waals surface area (Å²) >= 11 is 3.34. The maximum atomic E-state index is 8.77. The van der Waals surface area contributed by atoms with E-state index in [1.54, 1.807) is 18.3 Å². The average Bonchev–Trinajstić information content (AvgIpc) is 2.32. The van der Waals surface area contributed by atoms with E-state index in [2.05, 4.69) is 37.3 Å². The van der Waals surface area contributed by atoms with Gasteiger partial charge in [0.1, 0.15) is 12.1 Å². The summed E-state index contributed by atoms with van der Waals surface area (Å²) in [4.78, 5) is 7.95. The maximum absolute atomic E-state index is 8.77. The zero-order chi connectivity index (χ0) is 11.4. The Kier molecular flexibility index (Phi) is 3.13. The Balaban J connectivity index is 2.28. The molecule has 2 rings (SSSR count). The molecule has 1 heterocycles. The van der Waals surface area contributed by atoms with Gasteiger partial charge in [0.05, 0.1) is 16.1 Å². The zero-order valence-electron chi connectivity index (χ0n) is 8.18. The van der Waals surface area contributed by atoms with Gasteiger partial charge in [-0.2, -0.15) is 5.26 Å². The SMILES string of the molecule is N#Cc1cccc(Nc2ncncc2Br)c1. The third kappa shape index (κ3) is 2.35. The quantitative estimate of drug-likeness (QED) is 0.915. The lowest BCUT2D eigenvalue weighted by atomic mass is 10.2. The van der Waals surface area contributed by atoms with E-state index in [4.69, 9.17) is 5.26 Å². The number of hydrogen-bond acceptors (Lipinski definition) is 4. The van der Waals surface area contributed by atoms with Gasteiger partial charge in [-0.1, -0.05) is 6.07 Å². The summed E-state index contributed by atoms with van der Waals surface area (Å²) in [5.41, 5.74) is 1.42. The fourth-order valence-electron chi connectivity index (χ4n) is 1.21. The van der Waals surface area contributed by atoms with Crippen molar-refractivity contribution in [3.05, 3.63) is 46.8 Å². The van der Waals surface area contributed by atoms with E-state index in [1.807, 2.05) is 12.1 Å². The van der Waals surface area contributed by atoms with E-state index < -0.39 is 0 Å². The molecule has 0 saturated heterocycles. The van der Waals surface area contributed by atoms with Crippen LogP contribution >= 0.6 is 15.9 Å². The van der Waals surface area contributed by atoms with Gasteiger partial charge < -0.3 is 5.32 Å². The zero-order valence-corrected chi connectivity index (χ0v) is 9.77. The predicted molar refractivity (Wildman–Crippen MR) is 64.2 cm³/mol. The van der Waals surface area contributed by atoms with Crippen LogP contribution in [0.2, 0.25) is 0 Å². The number of nitrogens with one attached hydrogen (secondary N) is 1. The fraction of sp³-hybridized carbons (Fsp3) is 0. The van der Waals surface area contributed by atoms with Crippen molar-refractivity contribution < 1.29 is 0 Å². The second-order valence-electron chi connectivity index (χ2n) is 3.04. The first-order valence-corrected chi connectivity index (χ1v) is 5.31. The second-order valence-corrected chi connectivity index (χ2v) is 3.89. The standard InChI is InChI=1S/C11H7BrN4/c12-10-6-14-7-15-11(10)16-9-3-1-2-8(4-9)5-13/h1-4,6-7H,(H,14,15,16). The Morgan fingerprint density at radius 3 is 3.00 bits per heavy atom. The van der Waals surface area contributed by atoms with Gasteiger partial charge >= 0.3 is 0 Å². The monoisotopic (exact) mass is 274 g/mol. The lowest BCUT2D eigenvalue weighted by molar-refractivity contribution is 1.15. The molecule has 0 aliphatic heterocycles. The van der Waals surface area contributed by atoms with Gasteiger partial charge in [0.2, 0.25) is 0 Å². The van der Waals surface area contributed by atoms with Gasteiger partial charge in [0.25, 0.3) is 0 Å². The van der Waals surface area contributed by atoms with Crippen molar-refractivity contribution in [1.82, 2.24) is 9.97 Å². The van der Waals surface area contributed by atoms with Crippen LogP contribution < -0.4 is 5.32 Å². The molecule has 0 unspecified atom stereocenters. The summed E-state index contributed by atoms with van der Waals surface area (Å²) in [5.74, 6) is 0.671. The normalized spacial score (nSPS) is 9.50. The van der Waals surface area contributed by atoms with Crippen molar-refractivity contribution in [3.8, 4) is 6.07 Å². The number of halogens is 1. The number of nitrogens with zero attached hydrogens (tertiary/aromatic N) is 3. The molecule has 0 atom stereocenters. The lowest BCUT2D eigenvalue weighted by Crippen LogP contribution is -1.95. The number of aromatic nitrogens is 2. The molecule has 0 amide bonds.